The lowest BCUT2D eigenvalue weighted by Crippen LogP contribution is -2.59. The van der Waals surface area contributed by atoms with Crippen LogP contribution >= 0.6 is 0 Å². The van der Waals surface area contributed by atoms with Gasteiger partial charge in [0, 0.05) is 38.8 Å². The fourth-order valence-electron chi connectivity index (χ4n) is 2.76. The Hall–Kier alpha value is -0.650. The van der Waals surface area contributed by atoms with Gasteiger partial charge in [0.05, 0.1) is 0 Å². The Balaban J connectivity index is 1.83. The number of carboxylic acid groups (broad SMARTS) is 1. The molecule has 0 spiro atoms. The van der Waals surface area contributed by atoms with Crippen molar-refractivity contribution in [3.8, 4) is 0 Å². The van der Waals surface area contributed by atoms with Gasteiger partial charge in [0.15, 0.2) is 0 Å². The van der Waals surface area contributed by atoms with E-state index in [1.807, 2.05) is 6.92 Å². The van der Waals surface area contributed by atoms with Crippen LogP contribution in [0.3, 0.4) is 0 Å². The number of nitrogens with zero attached hydrogens (tertiary/aromatic N) is 2. The average Bonchev–Trinajstić information content (AvgIpc) is 3.14. The van der Waals surface area contributed by atoms with Crippen molar-refractivity contribution in [2.75, 3.05) is 39.3 Å². The summed E-state index contributed by atoms with van der Waals surface area (Å²) in [5.41, 5.74) is -0.823. The van der Waals surface area contributed by atoms with Gasteiger partial charge in [-0.3, -0.25) is 14.6 Å². The summed E-state index contributed by atoms with van der Waals surface area (Å²) in [6, 6.07) is 0.826. The Morgan fingerprint density at radius 3 is 2.39 bits per heavy atom. The van der Waals surface area contributed by atoms with E-state index < -0.39 is 11.5 Å². The number of piperazine rings is 1. The van der Waals surface area contributed by atoms with Crippen LogP contribution in [0.15, 0.2) is 0 Å². The molecule has 1 atom stereocenters. The molecule has 1 heterocycles. The van der Waals surface area contributed by atoms with Crippen LogP contribution in [-0.2, 0) is 4.79 Å². The highest BCUT2D eigenvalue weighted by Gasteiger charge is 2.36. The number of aliphatic carboxylic acids is 1. The Labute approximate surface area is 109 Å². The molecule has 2 aliphatic rings. The van der Waals surface area contributed by atoms with E-state index in [-0.39, 0.29) is 0 Å². The topological polar surface area (TPSA) is 55.8 Å². The molecule has 2 N–H and O–H groups in total. The lowest BCUT2D eigenvalue weighted by atomic mass is 10.0. The van der Waals surface area contributed by atoms with Crippen LogP contribution < -0.4 is 5.32 Å². The standard InChI is InChI=1S/C13H25N3O2/c1-3-14-13(2,12(17)18)10-15-6-8-16(9-7-15)11-4-5-11/h11,14H,3-10H2,1-2H3,(H,17,18). The summed E-state index contributed by atoms with van der Waals surface area (Å²) >= 11 is 0. The molecule has 1 saturated carbocycles. The largest absolute Gasteiger partial charge is 0.480 e. The summed E-state index contributed by atoms with van der Waals surface area (Å²) in [5, 5.41) is 12.4. The molecule has 2 rings (SSSR count). The van der Waals surface area contributed by atoms with Gasteiger partial charge in [-0.2, -0.15) is 0 Å². The van der Waals surface area contributed by atoms with E-state index in [4.69, 9.17) is 0 Å². The van der Waals surface area contributed by atoms with Crippen molar-refractivity contribution < 1.29 is 9.90 Å². The van der Waals surface area contributed by atoms with E-state index in [2.05, 4.69) is 15.1 Å². The molecule has 1 aliphatic carbocycles. The SMILES string of the molecule is CCNC(C)(CN1CCN(C2CC2)CC1)C(=O)O. The zero-order valence-electron chi connectivity index (χ0n) is 11.5. The molecule has 1 aliphatic heterocycles. The molecule has 0 aromatic rings. The van der Waals surface area contributed by atoms with Gasteiger partial charge in [0.2, 0.25) is 0 Å². The highest BCUT2D eigenvalue weighted by atomic mass is 16.4. The van der Waals surface area contributed by atoms with Crippen LogP contribution in [-0.4, -0.2) is 71.7 Å². The summed E-state index contributed by atoms with van der Waals surface area (Å²) in [7, 11) is 0. The maximum Gasteiger partial charge on any atom is 0.324 e. The molecule has 104 valence electrons. The third kappa shape index (κ3) is 3.22. The number of hydrogen-bond donors (Lipinski definition) is 2. The van der Waals surface area contributed by atoms with Crippen molar-refractivity contribution in [2.45, 2.75) is 38.3 Å². The first-order chi connectivity index (χ1) is 8.55. The lowest BCUT2D eigenvalue weighted by Gasteiger charge is -2.39. The van der Waals surface area contributed by atoms with E-state index in [1.54, 1.807) is 6.92 Å². The molecule has 0 aromatic heterocycles. The molecule has 1 saturated heterocycles. The minimum Gasteiger partial charge on any atom is -0.480 e. The molecule has 0 aromatic carbocycles. The van der Waals surface area contributed by atoms with Crippen molar-refractivity contribution in [3.63, 3.8) is 0 Å². The fourth-order valence-corrected chi connectivity index (χ4v) is 2.76. The normalized spacial score (nSPS) is 25.9. The molecular weight excluding hydrogens is 230 g/mol. The molecule has 0 amide bonds. The second-order valence-corrected chi connectivity index (χ2v) is 5.71. The van der Waals surface area contributed by atoms with Gasteiger partial charge in [-0.25, -0.2) is 0 Å². The summed E-state index contributed by atoms with van der Waals surface area (Å²) in [6.07, 6.45) is 2.70. The Morgan fingerprint density at radius 2 is 1.94 bits per heavy atom. The van der Waals surface area contributed by atoms with Crippen LogP contribution in [0.25, 0.3) is 0 Å². The summed E-state index contributed by atoms with van der Waals surface area (Å²) in [6.45, 7) is 9.17. The predicted molar refractivity (Wildman–Crippen MR) is 70.8 cm³/mol. The van der Waals surface area contributed by atoms with E-state index >= 15 is 0 Å². The van der Waals surface area contributed by atoms with Gasteiger partial charge in [0.25, 0.3) is 0 Å². The first-order valence-corrected chi connectivity index (χ1v) is 7.00. The number of carboxylic acids is 1. The van der Waals surface area contributed by atoms with Gasteiger partial charge < -0.3 is 10.4 Å². The minimum absolute atomic E-state index is 0.592. The number of carbonyl (C=O) groups is 1. The quantitative estimate of drug-likeness (QED) is 0.711. The van der Waals surface area contributed by atoms with E-state index in [0.717, 1.165) is 32.2 Å². The Morgan fingerprint density at radius 1 is 1.33 bits per heavy atom. The first-order valence-electron chi connectivity index (χ1n) is 7.00. The number of hydrogen-bond acceptors (Lipinski definition) is 4. The van der Waals surface area contributed by atoms with Crippen LogP contribution in [0.4, 0.5) is 0 Å². The van der Waals surface area contributed by atoms with Crippen LogP contribution in [0.1, 0.15) is 26.7 Å². The number of likely N-dealkylation sites (N-methyl/N-ethyl adjacent to an activating group) is 1. The Kier molecular flexibility index (Phi) is 4.25. The predicted octanol–water partition coefficient (Wildman–Crippen LogP) is 0.219. The van der Waals surface area contributed by atoms with Crippen molar-refractivity contribution >= 4 is 5.97 Å². The molecule has 2 fully saturated rings. The maximum absolute atomic E-state index is 11.4. The third-order valence-corrected chi connectivity index (χ3v) is 4.05. The highest BCUT2D eigenvalue weighted by Crippen LogP contribution is 2.27. The molecule has 0 bridgehead atoms. The van der Waals surface area contributed by atoms with Crippen molar-refractivity contribution in [2.24, 2.45) is 0 Å². The monoisotopic (exact) mass is 255 g/mol. The summed E-state index contributed by atoms with van der Waals surface area (Å²) in [4.78, 5) is 16.2. The van der Waals surface area contributed by atoms with Crippen LogP contribution in [0.2, 0.25) is 0 Å². The molecule has 5 nitrogen and oxygen atoms in total. The highest BCUT2D eigenvalue weighted by molar-refractivity contribution is 5.78. The summed E-state index contributed by atoms with van der Waals surface area (Å²) < 4.78 is 0. The van der Waals surface area contributed by atoms with E-state index in [0.29, 0.717) is 13.1 Å². The molecule has 5 heteroatoms. The van der Waals surface area contributed by atoms with Crippen LogP contribution in [0.5, 0.6) is 0 Å². The van der Waals surface area contributed by atoms with Gasteiger partial charge >= 0.3 is 5.97 Å². The zero-order valence-corrected chi connectivity index (χ0v) is 11.5. The smallest absolute Gasteiger partial charge is 0.324 e. The van der Waals surface area contributed by atoms with Crippen molar-refractivity contribution in [1.29, 1.82) is 0 Å². The fraction of sp³-hybridized carbons (Fsp3) is 0.923. The van der Waals surface area contributed by atoms with E-state index in [1.165, 1.54) is 12.8 Å². The van der Waals surface area contributed by atoms with Gasteiger partial charge in [-0.05, 0) is 26.3 Å². The van der Waals surface area contributed by atoms with Gasteiger partial charge in [-0.15, -0.1) is 0 Å². The average molecular weight is 255 g/mol. The zero-order chi connectivity index (χ0) is 13.2. The maximum atomic E-state index is 11.4. The van der Waals surface area contributed by atoms with Gasteiger partial charge in [0.1, 0.15) is 5.54 Å². The molecule has 0 radical (unpaired) electrons. The van der Waals surface area contributed by atoms with Crippen molar-refractivity contribution in [1.82, 2.24) is 15.1 Å². The lowest BCUT2D eigenvalue weighted by molar-refractivity contribution is -0.145. The van der Waals surface area contributed by atoms with E-state index in [9.17, 15) is 9.90 Å². The third-order valence-electron chi connectivity index (χ3n) is 4.05. The first kappa shape index (κ1) is 13.8. The van der Waals surface area contributed by atoms with Crippen molar-refractivity contribution in [3.05, 3.63) is 0 Å². The Bertz CT molecular complexity index is 299. The summed E-state index contributed by atoms with van der Waals surface area (Å²) in [5.74, 6) is -0.756. The molecule has 1 unspecified atom stereocenters. The van der Waals surface area contributed by atoms with Crippen LogP contribution in [0, 0.1) is 0 Å². The number of nitrogens with one attached hydrogen (secondary N) is 1. The second-order valence-electron chi connectivity index (χ2n) is 5.71. The minimum atomic E-state index is -0.823. The molecule has 18 heavy (non-hydrogen) atoms. The number of rotatable bonds is 6. The second kappa shape index (κ2) is 5.55. The van der Waals surface area contributed by atoms with Gasteiger partial charge in [-0.1, -0.05) is 6.92 Å². The molecular formula is C13H25N3O2.